The predicted molar refractivity (Wildman–Crippen MR) is 102 cm³/mol. The molecule has 0 saturated carbocycles. The highest BCUT2D eigenvalue weighted by Gasteiger charge is 2.26. The molecule has 4 heteroatoms. The van der Waals surface area contributed by atoms with Gasteiger partial charge in [0.15, 0.2) is 0 Å². The molecule has 0 aliphatic carbocycles. The van der Waals surface area contributed by atoms with Crippen LogP contribution < -0.4 is 4.90 Å². The number of carbonyl (C=O) groups is 1. The molecule has 0 radical (unpaired) electrons. The van der Waals surface area contributed by atoms with Gasteiger partial charge in [-0.25, -0.2) is 0 Å². The number of likely N-dealkylation sites (tertiary alicyclic amines) is 1. The Morgan fingerprint density at radius 1 is 1.16 bits per heavy atom. The molecule has 3 rings (SSSR count). The van der Waals surface area contributed by atoms with Crippen molar-refractivity contribution in [2.24, 2.45) is 5.92 Å². The Labute approximate surface area is 152 Å². The summed E-state index contributed by atoms with van der Waals surface area (Å²) in [5.74, 6) is 0.750. The molecule has 25 heavy (non-hydrogen) atoms. The van der Waals surface area contributed by atoms with E-state index in [0.717, 1.165) is 64.2 Å². The van der Waals surface area contributed by atoms with Crippen molar-refractivity contribution in [1.82, 2.24) is 4.90 Å². The van der Waals surface area contributed by atoms with Crippen molar-refractivity contribution < 1.29 is 9.53 Å². The van der Waals surface area contributed by atoms with Crippen LogP contribution in [0.4, 0.5) is 5.69 Å². The number of ether oxygens (including phenoxy) is 1. The summed E-state index contributed by atoms with van der Waals surface area (Å²) in [6.45, 7) is 9.43. The van der Waals surface area contributed by atoms with E-state index >= 15 is 0 Å². The number of anilines is 1. The van der Waals surface area contributed by atoms with Gasteiger partial charge < -0.3 is 14.5 Å². The first-order chi connectivity index (χ1) is 12.2. The van der Waals surface area contributed by atoms with Gasteiger partial charge in [-0.2, -0.15) is 0 Å². The zero-order valence-electron chi connectivity index (χ0n) is 15.7. The Kier molecular flexibility index (Phi) is 6.49. The van der Waals surface area contributed by atoms with Crippen molar-refractivity contribution >= 4 is 11.6 Å². The van der Waals surface area contributed by atoms with Gasteiger partial charge in [0.2, 0.25) is 5.91 Å². The molecule has 1 unspecified atom stereocenters. The van der Waals surface area contributed by atoms with E-state index in [4.69, 9.17) is 4.74 Å². The molecule has 1 aromatic rings. The van der Waals surface area contributed by atoms with Crippen LogP contribution in [0, 0.1) is 5.92 Å². The van der Waals surface area contributed by atoms with Gasteiger partial charge in [0.25, 0.3) is 0 Å². The summed E-state index contributed by atoms with van der Waals surface area (Å²) in [6.07, 6.45) is 5.34. The standard InChI is InChI=1S/C21H32N2O2/c1-3-14-25-19-10-12-22(13-11-19)15-17(2)16-23-20-7-5-4-6-18(20)8-9-21(23)24/h4-7,17,19H,3,8-16H2,1-2H3. The second kappa shape index (κ2) is 8.81. The molecular formula is C21H32N2O2. The van der Waals surface area contributed by atoms with Crippen LogP contribution in [-0.4, -0.2) is 49.7 Å². The van der Waals surface area contributed by atoms with Crippen molar-refractivity contribution in [3.63, 3.8) is 0 Å². The minimum atomic E-state index is 0.275. The van der Waals surface area contributed by atoms with Crippen LogP contribution >= 0.6 is 0 Å². The Balaban J connectivity index is 1.50. The first-order valence-electron chi connectivity index (χ1n) is 9.89. The number of amides is 1. The smallest absolute Gasteiger partial charge is 0.227 e. The Morgan fingerprint density at radius 2 is 1.92 bits per heavy atom. The van der Waals surface area contributed by atoms with Gasteiger partial charge in [-0.05, 0) is 43.2 Å². The molecule has 2 aliphatic rings. The fraction of sp³-hybridized carbons (Fsp3) is 0.667. The van der Waals surface area contributed by atoms with Gasteiger partial charge in [-0.3, -0.25) is 4.79 Å². The summed E-state index contributed by atoms with van der Waals surface area (Å²) in [4.78, 5) is 17.0. The molecule has 4 nitrogen and oxygen atoms in total. The quantitative estimate of drug-likeness (QED) is 0.759. The van der Waals surface area contributed by atoms with Gasteiger partial charge in [0.05, 0.1) is 6.10 Å². The third-order valence-corrected chi connectivity index (χ3v) is 5.35. The van der Waals surface area contributed by atoms with Crippen molar-refractivity contribution in [2.45, 2.75) is 52.1 Å². The average Bonchev–Trinajstić information content (AvgIpc) is 2.63. The highest BCUT2D eigenvalue weighted by atomic mass is 16.5. The molecule has 0 spiro atoms. The molecule has 138 valence electrons. The van der Waals surface area contributed by atoms with Gasteiger partial charge in [0.1, 0.15) is 0 Å². The maximum atomic E-state index is 12.4. The van der Waals surface area contributed by atoms with E-state index in [1.165, 1.54) is 5.56 Å². The lowest BCUT2D eigenvalue weighted by molar-refractivity contribution is -0.119. The molecule has 1 aromatic carbocycles. The van der Waals surface area contributed by atoms with Gasteiger partial charge in [0, 0.05) is 44.9 Å². The zero-order chi connectivity index (χ0) is 17.6. The van der Waals surface area contributed by atoms with Crippen LogP contribution in [0.15, 0.2) is 24.3 Å². The number of piperidine rings is 1. The number of hydrogen-bond donors (Lipinski definition) is 0. The lowest BCUT2D eigenvalue weighted by atomic mass is 9.99. The maximum absolute atomic E-state index is 12.4. The monoisotopic (exact) mass is 344 g/mol. The largest absolute Gasteiger partial charge is 0.378 e. The summed E-state index contributed by atoms with van der Waals surface area (Å²) in [6, 6.07) is 8.35. The number of para-hydroxylation sites is 1. The molecule has 2 heterocycles. The van der Waals surface area contributed by atoms with Gasteiger partial charge in [-0.15, -0.1) is 0 Å². The van der Waals surface area contributed by atoms with E-state index in [9.17, 15) is 4.79 Å². The van der Waals surface area contributed by atoms with E-state index in [1.54, 1.807) is 0 Å². The summed E-state index contributed by atoms with van der Waals surface area (Å²) < 4.78 is 5.88. The highest BCUT2D eigenvalue weighted by Crippen LogP contribution is 2.28. The van der Waals surface area contributed by atoms with Crippen LogP contribution in [0.25, 0.3) is 0 Å². The van der Waals surface area contributed by atoms with E-state index in [2.05, 4.69) is 36.9 Å². The van der Waals surface area contributed by atoms with Crippen molar-refractivity contribution in [1.29, 1.82) is 0 Å². The minimum absolute atomic E-state index is 0.275. The first kappa shape index (κ1) is 18.4. The molecule has 0 N–H and O–H groups in total. The lowest BCUT2D eigenvalue weighted by Gasteiger charge is -2.36. The number of fused-ring (bicyclic) bond motifs is 1. The lowest BCUT2D eigenvalue weighted by Crippen LogP contribution is -2.44. The summed E-state index contributed by atoms with van der Waals surface area (Å²) in [5, 5.41) is 0. The average molecular weight is 344 g/mol. The molecule has 0 aromatic heterocycles. The van der Waals surface area contributed by atoms with E-state index in [1.807, 2.05) is 11.0 Å². The number of benzene rings is 1. The second-order valence-corrected chi connectivity index (χ2v) is 7.61. The van der Waals surface area contributed by atoms with Crippen LogP contribution in [0.3, 0.4) is 0 Å². The fourth-order valence-corrected chi connectivity index (χ4v) is 4.05. The molecule has 2 aliphatic heterocycles. The number of nitrogens with zero attached hydrogens (tertiary/aromatic N) is 2. The van der Waals surface area contributed by atoms with E-state index in [0.29, 0.717) is 18.4 Å². The number of rotatable bonds is 7. The van der Waals surface area contributed by atoms with Crippen molar-refractivity contribution in [3.05, 3.63) is 29.8 Å². The summed E-state index contributed by atoms with van der Waals surface area (Å²) >= 11 is 0. The molecule has 0 bridgehead atoms. The second-order valence-electron chi connectivity index (χ2n) is 7.61. The summed E-state index contributed by atoms with van der Waals surface area (Å²) in [7, 11) is 0. The number of carbonyl (C=O) groups excluding carboxylic acids is 1. The van der Waals surface area contributed by atoms with Gasteiger partial charge >= 0.3 is 0 Å². The summed E-state index contributed by atoms with van der Waals surface area (Å²) in [5.41, 5.74) is 2.43. The molecule has 1 saturated heterocycles. The Hall–Kier alpha value is -1.39. The van der Waals surface area contributed by atoms with Crippen LogP contribution in [0.5, 0.6) is 0 Å². The van der Waals surface area contributed by atoms with Crippen LogP contribution in [-0.2, 0) is 16.0 Å². The van der Waals surface area contributed by atoms with E-state index in [-0.39, 0.29) is 5.91 Å². The third kappa shape index (κ3) is 4.83. The van der Waals surface area contributed by atoms with Crippen LogP contribution in [0.1, 0.15) is 45.1 Å². The van der Waals surface area contributed by atoms with Crippen LogP contribution in [0.2, 0.25) is 0 Å². The molecule has 1 atom stereocenters. The topological polar surface area (TPSA) is 32.8 Å². The molecular weight excluding hydrogens is 312 g/mol. The molecule has 1 amide bonds. The van der Waals surface area contributed by atoms with Crippen molar-refractivity contribution in [3.8, 4) is 0 Å². The number of hydrogen-bond acceptors (Lipinski definition) is 3. The molecule has 1 fully saturated rings. The maximum Gasteiger partial charge on any atom is 0.227 e. The Morgan fingerprint density at radius 3 is 2.68 bits per heavy atom. The number of aryl methyl sites for hydroxylation is 1. The Bertz CT molecular complexity index is 567. The zero-order valence-corrected chi connectivity index (χ0v) is 15.7. The van der Waals surface area contributed by atoms with Crippen molar-refractivity contribution in [2.75, 3.05) is 37.7 Å². The fourth-order valence-electron chi connectivity index (χ4n) is 4.05. The van der Waals surface area contributed by atoms with E-state index < -0.39 is 0 Å². The SMILES string of the molecule is CCCOC1CCN(CC(C)CN2C(=O)CCc3ccccc32)CC1. The normalized spacial score (nSPS) is 20.6. The minimum Gasteiger partial charge on any atom is -0.378 e. The highest BCUT2D eigenvalue weighted by molar-refractivity contribution is 5.96. The third-order valence-electron chi connectivity index (χ3n) is 5.35. The van der Waals surface area contributed by atoms with Gasteiger partial charge in [-0.1, -0.05) is 32.0 Å². The predicted octanol–water partition coefficient (Wildman–Crippen LogP) is 3.49. The first-order valence-corrected chi connectivity index (χ1v) is 9.89.